The molecular weight excluding hydrogens is 174 g/mol. The highest BCUT2D eigenvalue weighted by atomic mass is 15.1. The van der Waals surface area contributed by atoms with Gasteiger partial charge in [-0.3, -0.25) is 4.98 Å². The molecule has 0 saturated heterocycles. The molecule has 3 heteroatoms. The van der Waals surface area contributed by atoms with Crippen LogP contribution in [0.1, 0.15) is 11.3 Å². The lowest BCUT2D eigenvalue weighted by Crippen LogP contribution is -2.26. The molecule has 0 bridgehead atoms. The van der Waals surface area contributed by atoms with Gasteiger partial charge in [-0.25, -0.2) is 0 Å². The maximum absolute atomic E-state index is 4.28. The summed E-state index contributed by atoms with van der Waals surface area (Å²) in [6, 6.07) is 4.13. The second-order valence-corrected chi connectivity index (χ2v) is 3.80. The Morgan fingerprint density at radius 2 is 2.21 bits per heavy atom. The maximum atomic E-state index is 4.28. The van der Waals surface area contributed by atoms with Crippen LogP contribution in [0.25, 0.3) is 0 Å². The molecule has 3 nitrogen and oxygen atoms in total. The smallest absolute Gasteiger partial charge is 0.0544 e. The van der Waals surface area contributed by atoms with Crippen molar-refractivity contribution in [3.8, 4) is 0 Å². The topological polar surface area (TPSA) is 28.2 Å². The fourth-order valence-electron chi connectivity index (χ4n) is 1.21. The van der Waals surface area contributed by atoms with Crippen LogP contribution < -0.4 is 5.32 Å². The summed E-state index contributed by atoms with van der Waals surface area (Å²) < 4.78 is 0. The van der Waals surface area contributed by atoms with Gasteiger partial charge >= 0.3 is 0 Å². The van der Waals surface area contributed by atoms with Gasteiger partial charge < -0.3 is 10.2 Å². The van der Waals surface area contributed by atoms with Gasteiger partial charge in [-0.2, -0.15) is 0 Å². The van der Waals surface area contributed by atoms with E-state index in [-0.39, 0.29) is 0 Å². The van der Waals surface area contributed by atoms with Crippen LogP contribution in [0.4, 0.5) is 0 Å². The summed E-state index contributed by atoms with van der Waals surface area (Å²) in [6.07, 6.45) is 1.86. The van der Waals surface area contributed by atoms with Crippen molar-refractivity contribution >= 4 is 0 Å². The number of likely N-dealkylation sites (N-methyl/N-ethyl adjacent to an activating group) is 1. The van der Waals surface area contributed by atoms with E-state index in [1.165, 1.54) is 5.56 Å². The number of nitrogens with one attached hydrogen (secondary N) is 1. The van der Waals surface area contributed by atoms with Crippen LogP contribution >= 0.6 is 0 Å². The van der Waals surface area contributed by atoms with Crippen LogP contribution in [0.3, 0.4) is 0 Å². The van der Waals surface area contributed by atoms with Crippen molar-refractivity contribution in [2.75, 3.05) is 27.2 Å². The first-order chi connectivity index (χ1) is 6.68. The van der Waals surface area contributed by atoms with E-state index in [4.69, 9.17) is 0 Å². The number of aryl methyl sites for hydroxylation is 1. The highest BCUT2D eigenvalue weighted by Crippen LogP contribution is 1.98. The molecule has 0 amide bonds. The molecule has 0 aliphatic carbocycles. The van der Waals surface area contributed by atoms with Crippen LogP contribution in [-0.4, -0.2) is 37.1 Å². The molecule has 0 unspecified atom stereocenters. The Morgan fingerprint density at radius 3 is 2.86 bits per heavy atom. The maximum Gasteiger partial charge on any atom is 0.0544 e. The predicted octanol–water partition coefficient (Wildman–Crippen LogP) is 1.04. The zero-order valence-electron chi connectivity index (χ0n) is 9.25. The summed E-state index contributed by atoms with van der Waals surface area (Å²) in [6.45, 7) is 5.01. The molecule has 0 aliphatic rings. The second-order valence-electron chi connectivity index (χ2n) is 3.80. The zero-order valence-corrected chi connectivity index (χ0v) is 9.25. The molecule has 1 rings (SSSR count). The van der Waals surface area contributed by atoms with E-state index in [1.54, 1.807) is 0 Å². The molecule has 0 radical (unpaired) electrons. The summed E-state index contributed by atoms with van der Waals surface area (Å²) in [4.78, 5) is 6.44. The molecule has 0 spiro atoms. The first kappa shape index (κ1) is 11.1. The first-order valence-electron chi connectivity index (χ1n) is 4.95. The van der Waals surface area contributed by atoms with E-state index in [0.29, 0.717) is 0 Å². The van der Waals surface area contributed by atoms with Crippen molar-refractivity contribution in [3.05, 3.63) is 29.6 Å². The van der Waals surface area contributed by atoms with Gasteiger partial charge in [0.2, 0.25) is 0 Å². The number of rotatable bonds is 5. The van der Waals surface area contributed by atoms with Crippen molar-refractivity contribution in [1.82, 2.24) is 15.2 Å². The Morgan fingerprint density at radius 1 is 1.43 bits per heavy atom. The van der Waals surface area contributed by atoms with Crippen LogP contribution in [-0.2, 0) is 6.54 Å². The third-order valence-corrected chi connectivity index (χ3v) is 2.01. The van der Waals surface area contributed by atoms with Gasteiger partial charge in [-0.15, -0.1) is 0 Å². The number of aromatic nitrogens is 1. The van der Waals surface area contributed by atoms with Crippen molar-refractivity contribution in [2.45, 2.75) is 13.5 Å². The second kappa shape index (κ2) is 5.73. The summed E-state index contributed by atoms with van der Waals surface area (Å²) in [5.41, 5.74) is 2.38. The van der Waals surface area contributed by atoms with Crippen LogP contribution in [0.5, 0.6) is 0 Å². The normalized spacial score (nSPS) is 10.9. The van der Waals surface area contributed by atoms with E-state index in [9.17, 15) is 0 Å². The summed E-state index contributed by atoms with van der Waals surface area (Å²) in [5.74, 6) is 0. The standard InChI is InChI=1S/C11H19N3/c1-10-4-5-13-11(8-10)9-12-6-7-14(2)3/h4-5,8,12H,6-7,9H2,1-3H3. The number of hydrogen-bond acceptors (Lipinski definition) is 3. The highest BCUT2D eigenvalue weighted by Gasteiger charge is 1.94. The minimum Gasteiger partial charge on any atom is -0.310 e. The minimum atomic E-state index is 0.857. The molecule has 1 heterocycles. The number of hydrogen-bond donors (Lipinski definition) is 1. The Labute approximate surface area is 86.2 Å². The van der Waals surface area contributed by atoms with Gasteiger partial charge in [0.15, 0.2) is 0 Å². The van der Waals surface area contributed by atoms with Gasteiger partial charge in [0, 0.05) is 25.8 Å². The lowest BCUT2D eigenvalue weighted by atomic mass is 10.2. The molecule has 14 heavy (non-hydrogen) atoms. The van der Waals surface area contributed by atoms with Gasteiger partial charge in [0.05, 0.1) is 5.69 Å². The van der Waals surface area contributed by atoms with Crippen molar-refractivity contribution in [2.24, 2.45) is 0 Å². The molecule has 78 valence electrons. The van der Waals surface area contributed by atoms with E-state index in [0.717, 1.165) is 25.3 Å². The molecule has 0 aromatic carbocycles. The third-order valence-electron chi connectivity index (χ3n) is 2.01. The van der Waals surface area contributed by atoms with Crippen molar-refractivity contribution < 1.29 is 0 Å². The van der Waals surface area contributed by atoms with E-state index in [1.807, 2.05) is 12.3 Å². The fourth-order valence-corrected chi connectivity index (χ4v) is 1.21. The van der Waals surface area contributed by atoms with Crippen molar-refractivity contribution in [3.63, 3.8) is 0 Å². The van der Waals surface area contributed by atoms with Crippen LogP contribution in [0, 0.1) is 6.92 Å². The van der Waals surface area contributed by atoms with Gasteiger partial charge in [-0.05, 0) is 38.7 Å². The Bertz CT molecular complexity index is 271. The van der Waals surface area contributed by atoms with Crippen molar-refractivity contribution in [1.29, 1.82) is 0 Å². The zero-order chi connectivity index (χ0) is 10.4. The first-order valence-corrected chi connectivity index (χ1v) is 4.95. The lowest BCUT2D eigenvalue weighted by molar-refractivity contribution is 0.399. The van der Waals surface area contributed by atoms with E-state index >= 15 is 0 Å². The van der Waals surface area contributed by atoms with Gasteiger partial charge in [-0.1, -0.05) is 0 Å². The monoisotopic (exact) mass is 193 g/mol. The lowest BCUT2D eigenvalue weighted by Gasteiger charge is -2.10. The molecule has 1 aromatic rings. The van der Waals surface area contributed by atoms with Gasteiger partial charge in [0.25, 0.3) is 0 Å². The molecule has 0 saturated carbocycles. The average molecular weight is 193 g/mol. The average Bonchev–Trinajstić information content (AvgIpc) is 2.12. The Balaban J connectivity index is 2.25. The Kier molecular flexibility index (Phi) is 4.56. The summed E-state index contributed by atoms with van der Waals surface area (Å²) >= 11 is 0. The highest BCUT2D eigenvalue weighted by molar-refractivity contribution is 5.14. The largest absolute Gasteiger partial charge is 0.310 e. The molecule has 1 aromatic heterocycles. The van der Waals surface area contributed by atoms with Crippen LogP contribution in [0.15, 0.2) is 18.3 Å². The summed E-state index contributed by atoms with van der Waals surface area (Å²) in [7, 11) is 4.15. The predicted molar refractivity (Wildman–Crippen MR) is 59.2 cm³/mol. The molecular formula is C11H19N3. The SMILES string of the molecule is Cc1ccnc(CNCCN(C)C)c1. The third kappa shape index (κ3) is 4.35. The molecule has 0 aliphatic heterocycles. The fraction of sp³-hybridized carbons (Fsp3) is 0.545. The van der Waals surface area contributed by atoms with Gasteiger partial charge in [0.1, 0.15) is 0 Å². The quantitative estimate of drug-likeness (QED) is 0.708. The summed E-state index contributed by atoms with van der Waals surface area (Å²) in [5, 5.41) is 3.36. The molecule has 0 atom stereocenters. The van der Waals surface area contributed by atoms with Crippen LogP contribution in [0.2, 0.25) is 0 Å². The van der Waals surface area contributed by atoms with E-state index < -0.39 is 0 Å². The Hall–Kier alpha value is -0.930. The molecule has 1 N–H and O–H groups in total. The minimum absolute atomic E-state index is 0.857. The number of pyridine rings is 1. The molecule has 0 fully saturated rings. The van der Waals surface area contributed by atoms with E-state index in [2.05, 4.69) is 42.3 Å². The number of nitrogens with zero attached hydrogens (tertiary/aromatic N) is 2.